The molecule has 0 unspecified atom stereocenters. The summed E-state index contributed by atoms with van der Waals surface area (Å²) in [4.78, 5) is 8.64. The highest BCUT2D eigenvalue weighted by molar-refractivity contribution is 9.10. The number of halogens is 1. The Hall–Kier alpha value is -3.03. The van der Waals surface area contributed by atoms with Gasteiger partial charge in [0.15, 0.2) is 17.7 Å². The SMILES string of the molecule is Oc1ccc2c(c1)[C@@H](C1CC1)N(Cc1cc3c(cc1Br)OCO3)[C@@H]1ON=C(c3ccccc3)[C@H]21. The number of phenols is 1. The first-order chi connectivity index (χ1) is 16.7. The topological polar surface area (TPSA) is 63.5 Å². The van der Waals surface area contributed by atoms with Crippen LogP contribution in [0.15, 0.2) is 70.3 Å². The van der Waals surface area contributed by atoms with E-state index in [9.17, 15) is 5.11 Å². The van der Waals surface area contributed by atoms with Gasteiger partial charge in [-0.05, 0) is 59.7 Å². The fraction of sp³-hybridized carbons (Fsp3) is 0.296. The lowest BCUT2D eigenvalue weighted by Gasteiger charge is -2.43. The second kappa shape index (κ2) is 7.75. The van der Waals surface area contributed by atoms with E-state index in [0.29, 0.717) is 18.2 Å². The first kappa shape index (κ1) is 20.4. The summed E-state index contributed by atoms with van der Waals surface area (Å²) in [6, 6.07) is 20.2. The number of hydrogen-bond donors (Lipinski definition) is 1. The predicted molar refractivity (Wildman–Crippen MR) is 130 cm³/mol. The molecule has 0 amide bonds. The second-order valence-electron chi connectivity index (χ2n) is 9.38. The van der Waals surface area contributed by atoms with Crippen molar-refractivity contribution in [2.45, 2.75) is 37.6 Å². The van der Waals surface area contributed by atoms with Crippen molar-refractivity contribution < 1.29 is 19.4 Å². The number of rotatable bonds is 4. The molecule has 3 aromatic carbocycles. The van der Waals surface area contributed by atoms with Gasteiger partial charge in [-0.1, -0.05) is 57.5 Å². The van der Waals surface area contributed by atoms with Crippen LogP contribution in [-0.4, -0.2) is 28.7 Å². The minimum atomic E-state index is -0.227. The van der Waals surface area contributed by atoms with Crippen LogP contribution < -0.4 is 9.47 Å². The zero-order valence-corrected chi connectivity index (χ0v) is 19.9. The Morgan fingerprint density at radius 2 is 1.76 bits per heavy atom. The number of nitrogens with zero attached hydrogens (tertiary/aromatic N) is 2. The molecule has 34 heavy (non-hydrogen) atoms. The lowest BCUT2D eigenvalue weighted by Crippen LogP contribution is -2.47. The Labute approximate surface area is 205 Å². The number of hydrogen-bond acceptors (Lipinski definition) is 6. The van der Waals surface area contributed by atoms with Gasteiger partial charge in [0.2, 0.25) is 6.79 Å². The maximum absolute atomic E-state index is 10.4. The molecule has 1 N–H and O–H groups in total. The summed E-state index contributed by atoms with van der Waals surface area (Å²) in [5, 5.41) is 15.1. The third-order valence-electron chi connectivity index (χ3n) is 7.28. The maximum Gasteiger partial charge on any atom is 0.231 e. The molecule has 3 aliphatic heterocycles. The Kier molecular flexibility index (Phi) is 4.64. The number of oxime groups is 1. The molecule has 6 nitrogen and oxygen atoms in total. The number of phenolic OH excluding ortho intramolecular Hbond substituents is 1. The summed E-state index contributed by atoms with van der Waals surface area (Å²) < 4.78 is 12.2. The summed E-state index contributed by atoms with van der Waals surface area (Å²) in [6.45, 7) is 0.903. The van der Waals surface area contributed by atoms with Gasteiger partial charge in [-0.2, -0.15) is 0 Å². The van der Waals surface area contributed by atoms with Crippen LogP contribution >= 0.6 is 15.9 Å². The molecule has 0 saturated heterocycles. The Morgan fingerprint density at radius 3 is 2.56 bits per heavy atom. The molecule has 0 radical (unpaired) electrons. The first-order valence-electron chi connectivity index (χ1n) is 11.6. The summed E-state index contributed by atoms with van der Waals surface area (Å²) in [5.41, 5.74) is 5.47. The number of benzene rings is 3. The molecule has 7 heteroatoms. The summed E-state index contributed by atoms with van der Waals surface area (Å²) in [6.07, 6.45) is 2.11. The van der Waals surface area contributed by atoms with Gasteiger partial charge in [-0.25, -0.2) is 0 Å². The Morgan fingerprint density at radius 1 is 0.971 bits per heavy atom. The van der Waals surface area contributed by atoms with Gasteiger partial charge < -0.3 is 19.4 Å². The van der Waals surface area contributed by atoms with Crippen molar-refractivity contribution in [2.24, 2.45) is 11.1 Å². The summed E-state index contributed by atoms with van der Waals surface area (Å²) >= 11 is 3.74. The van der Waals surface area contributed by atoms with Gasteiger partial charge in [0.05, 0.1) is 11.6 Å². The molecule has 1 aliphatic carbocycles. The van der Waals surface area contributed by atoms with Crippen LogP contribution in [0.5, 0.6) is 17.2 Å². The van der Waals surface area contributed by atoms with E-state index < -0.39 is 0 Å². The molecule has 4 aliphatic rings. The molecule has 172 valence electrons. The minimum Gasteiger partial charge on any atom is -0.508 e. The second-order valence-corrected chi connectivity index (χ2v) is 10.2. The maximum atomic E-state index is 10.4. The van der Waals surface area contributed by atoms with Crippen LogP contribution in [0.2, 0.25) is 0 Å². The molecule has 3 atom stereocenters. The zero-order valence-electron chi connectivity index (χ0n) is 18.4. The van der Waals surface area contributed by atoms with Crippen LogP contribution in [0.25, 0.3) is 0 Å². The van der Waals surface area contributed by atoms with E-state index >= 15 is 0 Å². The third-order valence-corrected chi connectivity index (χ3v) is 8.02. The predicted octanol–water partition coefficient (Wildman–Crippen LogP) is 5.69. The van der Waals surface area contributed by atoms with Crippen molar-refractivity contribution in [2.75, 3.05) is 6.79 Å². The van der Waals surface area contributed by atoms with Crippen LogP contribution in [0, 0.1) is 5.92 Å². The first-order valence-corrected chi connectivity index (χ1v) is 12.4. The number of ether oxygens (including phenoxy) is 2. The van der Waals surface area contributed by atoms with E-state index in [1.165, 1.54) is 24.0 Å². The fourth-order valence-corrected chi connectivity index (χ4v) is 6.05. The van der Waals surface area contributed by atoms with Crippen LogP contribution in [-0.2, 0) is 11.4 Å². The van der Waals surface area contributed by atoms with Crippen LogP contribution in [0.3, 0.4) is 0 Å². The number of aromatic hydroxyl groups is 1. The fourth-order valence-electron chi connectivity index (χ4n) is 5.60. The molecular formula is C27H23BrN2O4. The molecular weight excluding hydrogens is 496 g/mol. The van der Waals surface area contributed by atoms with E-state index in [4.69, 9.17) is 14.3 Å². The Bertz CT molecular complexity index is 1310. The van der Waals surface area contributed by atoms with Gasteiger partial charge in [-0.3, -0.25) is 4.90 Å². The van der Waals surface area contributed by atoms with Gasteiger partial charge in [0.25, 0.3) is 0 Å². The van der Waals surface area contributed by atoms with Crippen molar-refractivity contribution in [1.29, 1.82) is 0 Å². The van der Waals surface area contributed by atoms with E-state index in [2.05, 4.69) is 50.3 Å². The van der Waals surface area contributed by atoms with E-state index in [1.807, 2.05) is 30.3 Å². The smallest absolute Gasteiger partial charge is 0.231 e. The van der Waals surface area contributed by atoms with Crippen molar-refractivity contribution in [3.63, 3.8) is 0 Å². The molecule has 1 fully saturated rings. The van der Waals surface area contributed by atoms with E-state index in [-0.39, 0.29) is 25.0 Å². The van der Waals surface area contributed by atoms with E-state index in [1.54, 1.807) is 6.07 Å². The molecule has 7 rings (SSSR count). The minimum absolute atomic E-state index is 0.0409. The Balaban J connectivity index is 1.35. The lowest BCUT2D eigenvalue weighted by molar-refractivity contribution is -0.0860. The lowest BCUT2D eigenvalue weighted by atomic mass is 9.78. The highest BCUT2D eigenvalue weighted by Crippen LogP contribution is 2.55. The highest BCUT2D eigenvalue weighted by Gasteiger charge is 2.52. The van der Waals surface area contributed by atoms with Gasteiger partial charge in [0, 0.05) is 22.6 Å². The van der Waals surface area contributed by atoms with Gasteiger partial charge in [0.1, 0.15) is 5.75 Å². The molecule has 0 spiro atoms. The largest absolute Gasteiger partial charge is 0.508 e. The van der Waals surface area contributed by atoms with Gasteiger partial charge >= 0.3 is 0 Å². The average molecular weight is 519 g/mol. The summed E-state index contributed by atoms with van der Waals surface area (Å²) in [7, 11) is 0. The van der Waals surface area contributed by atoms with E-state index in [0.717, 1.165) is 32.8 Å². The third kappa shape index (κ3) is 3.21. The molecule has 1 saturated carbocycles. The molecule has 3 aromatic rings. The van der Waals surface area contributed by atoms with Gasteiger partial charge in [-0.15, -0.1) is 0 Å². The average Bonchev–Trinajstić information content (AvgIpc) is 3.41. The summed E-state index contributed by atoms with van der Waals surface area (Å²) in [5.74, 6) is 2.30. The molecule has 0 bridgehead atoms. The quantitative estimate of drug-likeness (QED) is 0.480. The normalized spacial score (nSPS) is 24.9. The molecule has 0 aromatic heterocycles. The number of fused-ring (bicyclic) bond motifs is 4. The molecule has 3 heterocycles. The van der Waals surface area contributed by atoms with Crippen LogP contribution in [0.1, 0.15) is 47.1 Å². The highest BCUT2D eigenvalue weighted by atomic mass is 79.9. The standard InChI is InChI=1S/C27H23BrN2O4/c28-21-12-23-22(32-14-33-23)10-17(21)13-30-26(16-6-7-16)20-11-18(31)8-9-19(20)24-25(29-34-27(24)30)15-4-2-1-3-5-15/h1-5,8-12,16,24,26-27,31H,6-7,13-14H2/t24-,26+,27+/m0/s1. The van der Waals surface area contributed by atoms with Crippen molar-refractivity contribution in [3.05, 3.63) is 87.4 Å². The van der Waals surface area contributed by atoms with Crippen molar-refractivity contribution in [1.82, 2.24) is 4.90 Å². The van der Waals surface area contributed by atoms with Crippen molar-refractivity contribution in [3.8, 4) is 17.2 Å². The van der Waals surface area contributed by atoms with Crippen molar-refractivity contribution >= 4 is 21.6 Å². The zero-order chi connectivity index (χ0) is 22.8. The van der Waals surface area contributed by atoms with Crippen LogP contribution in [0.4, 0.5) is 0 Å². The monoisotopic (exact) mass is 518 g/mol.